The van der Waals surface area contributed by atoms with Crippen LogP contribution >= 0.6 is 0 Å². The lowest BCUT2D eigenvalue weighted by Crippen LogP contribution is -2.20. The summed E-state index contributed by atoms with van der Waals surface area (Å²) in [5.41, 5.74) is 1.85. The van der Waals surface area contributed by atoms with Crippen molar-refractivity contribution in [3.63, 3.8) is 0 Å². The normalized spacial score (nSPS) is 10.7. The van der Waals surface area contributed by atoms with Gasteiger partial charge in [-0.1, -0.05) is 13.8 Å². The minimum Gasteiger partial charge on any atom is -0.390 e. The standard InChI is InChI=1S/C12H20N2O/c1-10(2)5-7-14(3)12-4-6-13-11(8-12)9-15/h4,6,8,10,15H,5,7,9H2,1-3H3. The number of nitrogens with zero attached hydrogens (tertiary/aromatic N) is 2. The monoisotopic (exact) mass is 208 g/mol. The molecule has 1 aromatic rings. The number of aliphatic hydroxyl groups is 1. The Balaban J connectivity index is 2.60. The van der Waals surface area contributed by atoms with Crippen molar-refractivity contribution < 1.29 is 5.11 Å². The fourth-order valence-corrected chi connectivity index (χ4v) is 1.37. The summed E-state index contributed by atoms with van der Waals surface area (Å²) in [6, 6.07) is 3.90. The minimum absolute atomic E-state index is 0.00581. The Morgan fingerprint density at radius 3 is 2.80 bits per heavy atom. The minimum atomic E-state index is 0.00581. The molecule has 0 saturated heterocycles. The van der Waals surface area contributed by atoms with E-state index in [-0.39, 0.29) is 6.61 Å². The Morgan fingerprint density at radius 1 is 1.47 bits per heavy atom. The number of pyridine rings is 1. The summed E-state index contributed by atoms with van der Waals surface area (Å²) in [5, 5.41) is 8.98. The summed E-state index contributed by atoms with van der Waals surface area (Å²) in [4.78, 5) is 6.25. The largest absolute Gasteiger partial charge is 0.390 e. The Bertz CT molecular complexity index is 299. The zero-order valence-electron chi connectivity index (χ0n) is 9.77. The van der Waals surface area contributed by atoms with E-state index in [1.165, 1.54) is 6.42 Å². The Hall–Kier alpha value is -1.09. The van der Waals surface area contributed by atoms with Gasteiger partial charge < -0.3 is 10.0 Å². The fraction of sp³-hybridized carbons (Fsp3) is 0.583. The fourth-order valence-electron chi connectivity index (χ4n) is 1.37. The number of anilines is 1. The van der Waals surface area contributed by atoms with E-state index >= 15 is 0 Å². The molecule has 0 aliphatic carbocycles. The summed E-state index contributed by atoms with van der Waals surface area (Å²) in [6.07, 6.45) is 2.92. The lowest BCUT2D eigenvalue weighted by Gasteiger charge is -2.20. The second-order valence-electron chi connectivity index (χ2n) is 4.27. The van der Waals surface area contributed by atoms with Crippen LogP contribution in [0.15, 0.2) is 18.3 Å². The van der Waals surface area contributed by atoms with Gasteiger partial charge in [0.05, 0.1) is 12.3 Å². The maximum absolute atomic E-state index is 8.98. The molecule has 0 aliphatic heterocycles. The van der Waals surface area contributed by atoms with E-state index in [0.717, 1.165) is 17.9 Å². The summed E-state index contributed by atoms with van der Waals surface area (Å²) in [6.45, 7) is 5.48. The van der Waals surface area contributed by atoms with Crippen molar-refractivity contribution in [2.45, 2.75) is 26.9 Å². The molecule has 0 saturated carbocycles. The van der Waals surface area contributed by atoms with Gasteiger partial charge in [-0.2, -0.15) is 0 Å². The molecule has 0 radical (unpaired) electrons. The molecule has 1 aromatic heterocycles. The second-order valence-corrected chi connectivity index (χ2v) is 4.27. The third-order valence-corrected chi connectivity index (χ3v) is 2.44. The third kappa shape index (κ3) is 3.88. The molecule has 0 fully saturated rings. The van der Waals surface area contributed by atoms with Crippen LogP contribution in [0.25, 0.3) is 0 Å². The first kappa shape index (κ1) is 12.0. The number of aromatic nitrogens is 1. The SMILES string of the molecule is CC(C)CCN(C)c1ccnc(CO)c1. The van der Waals surface area contributed by atoms with Crippen molar-refractivity contribution in [3.05, 3.63) is 24.0 Å². The van der Waals surface area contributed by atoms with Gasteiger partial charge in [0.25, 0.3) is 0 Å². The van der Waals surface area contributed by atoms with Crippen molar-refractivity contribution in [2.24, 2.45) is 5.92 Å². The lowest BCUT2D eigenvalue weighted by molar-refractivity contribution is 0.277. The molecule has 1 heterocycles. The average molecular weight is 208 g/mol. The van der Waals surface area contributed by atoms with Gasteiger partial charge >= 0.3 is 0 Å². The van der Waals surface area contributed by atoms with E-state index in [1.54, 1.807) is 6.20 Å². The molecule has 0 amide bonds. The highest BCUT2D eigenvalue weighted by atomic mass is 16.3. The highest BCUT2D eigenvalue weighted by molar-refractivity contribution is 5.45. The molecule has 0 atom stereocenters. The van der Waals surface area contributed by atoms with Crippen LogP contribution in [0.2, 0.25) is 0 Å². The predicted octanol–water partition coefficient (Wildman–Crippen LogP) is 2.06. The van der Waals surface area contributed by atoms with Crippen LogP contribution in [-0.2, 0) is 6.61 Å². The molecule has 0 unspecified atom stereocenters. The molecule has 0 bridgehead atoms. The van der Waals surface area contributed by atoms with Crippen LogP contribution in [0.5, 0.6) is 0 Å². The Labute approximate surface area is 91.8 Å². The van der Waals surface area contributed by atoms with Gasteiger partial charge in [0.1, 0.15) is 0 Å². The maximum Gasteiger partial charge on any atom is 0.0853 e. The summed E-state index contributed by atoms with van der Waals surface area (Å²) < 4.78 is 0. The zero-order chi connectivity index (χ0) is 11.3. The molecule has 15 heavy (non-hydrogen) atoms. The zero-order valence-corrected chi connectivity index (χ0v) is 9.77. The van der Waals surface area contributed by atoms with Gasteiger partial charge in [0.15, 0.2) is 0 Å². The smallest absolute Gasteiger partial charge is 0.0853 e. The van der Waals surface area contributed by atoms with Crippen molar-refractivity contribution in [3.8, 4) is 0 Å². The van der Waals surface area contributed by atoms with Crippen molar-refractivity contribution in [1.29, 1.82) is 0 Å². The van der Waals surface area contributed by atoms with Crippen molar-refractivity contribution in [1.82, 2.24) is 4.98 Å². The van der Waals surface area contributed by atoms with Gasteiger partial charge in [-0.3, -0.25) is 4.98 Å². The molecule has 0 spiro atoms. The van der Waals surface area contributed by atoms with Crippen molar-refractivity contribution in [2.75, 3.05) is 18.5 Å². The van der Waals surface area contributed by atoms with E-state index in [2.05, 4.69) is 30.8 Å². The number of rotatable bonds is 5. The average Bonchev–Trinajstić information content (AvgIpc) is 2.26. The highest BCUT2D eigenvalue weighted by Gasteiger charge is 2.03. The van der Waals surface area contributed by atoms with Crippen LogP contribution < -0.4 is 4.90 Å². The van der Waals surface area contributed by atoms with Gasteiger partial charge in [-0.25, -0.2) is 0 Å². The van der Waals surface area contributed by atoms with Crippen LogP contribution in [0.1, 0.15) is 26.0 Å². The molecular formula is C12H20N2O. The molecule has 0 aromatic carbocycles. The molecule has 1 rings (SSSR count). The molecule has 84 valence electrons. The second kappa shape index (κ2) is 5.71. The first-order valence-corrected chi connectivity index (χ1v) is 5.40. The van der Waals surface area contributed by atoms with E-state index in [1.807, 2.05) is 12.1 Å². The highest BCUT2D eigenvalue weighted by Crippen LogP contribution is 2.14. The summed E-state index contributed by atoms with van der Waals surface area (Å²) in [7, 11) is 2.07. The quantitative estimate of drug-likeness (QED) is 0.804. The van der Waals surface area contributed by atoms with Crippen LogP contribution in [0.4, 0.5) is 5.69 Å². The van der Waals surface area contributed by atoms with Crippen LogP contribution in [0, 0.1) is 5.92 Å². The third-order valence-electron chi connectivity index (χ3n) is 2.44. The van der Waals surface area contributed by atoms with Crippen LogP contribution in [0.3, 0.4) is 0 Å². The van der Waals surface area contributed by atoms with E-state index < -0.39 is 0 Å². The first-order valence-electron chi connectivity index (χ1n) is 5.40. The van der Waals surface area contributed by atoms with Gasteiger partial charge in [-0.15, -0.1) is 0 Å². The predicted molar refractivity (Wildman–Crippen MR) is 62.9 cm³/mol. The van der Waals surface area contributed by atoms with E-state index in [4.69, 9.17) is 5.11 Å². The Kier molecular flexibility index (Phi) is 4.56. The van der Waals surface area contributed by atoms with Gasteiger partial charge in [0.2, 0.25) is 0 Å². The summed E-state index contributed by atoms with van der Waals surface area (Å²) in [5.74, 6) is 0.714. The first-order chi connectivity index (χ1) is 7.13. The molecule has 3 heteroatoms. The van der Waals surface area contributed by atoms with E-state index in [9.17, 15) is 0 Å². The van der Waals surface area contributed by atoms with Crippen molar-refractivity contribution >= 4 is 5.69 Å². The molecule has 3 nitrogen and oxygen atoms in total. The lowest BCUT2D eigenvalue weighted by atomic mass is 10.1. The topological polar surface area (TPSA) is 36.4 Å². The van der Waals surface area contributed by atoms with Gasteiger partial charge in [-0.05, 0) is 24.5 Å². The van der Waals surface area contributed by atoms with E-state index in [0.29, 0.717) is 5.92 Å². The molecule has 0 aliphatic rings. The van der Waals surface area contributed by atoms with Gasteiger partial charge in [0, 0.05) is 25.5 Å². The summed E-state index contributed by atoms with van der Waals surface area (Å²) >= 11 is 0. The molecule has 1 N–H and O–H groups in total. The van der Waals surface area contributed by atoms with Crippen LogP contribution in [-0.4, -0.2) is 23.7 Å². The number of hydrogen-bond acceptors (Lipinski definition) is 3. The maximum atomic E-state index is 8.98. The number of aliphatic hydroxyl groups excluding tert-OH is 1. The Morgan fingerprint density at radius 2 is 2.20 bits per heavy atom. The molecular weight excluding hydrogens is 188 g/mol. The number of hydrogen-bond donors (Lipinski definition) is 1.